The van der Waals surface area contributed by atoms with Crippen molar-refractivity contribution in [2.24, 2.45) is 0 Å². The Bertz CT molecular complexity index is 533. The molecule has 3 N–H and O–H groups in total. The number of pyridine rings is 2. The van der Waals surface area contributed by atoms with Gasteiger partial charge in [0.05, 0.1) is 10.7 Å². The standard InChI is InChI=1S/C11H9BrClN3O/c12-6-1-2-9(15-4-6)10(17)8-3-7(13)5-16-11(8)14/h1-5,10,17H,(H2,14,16). The van der Waals surface area contributed by atoms with Gasteiger partial charge in [-0.05, 0) is 34.1 Å². The van der Waals surface area contributed by atoms with Gasteiger partial charge in [0.2, 0.25) is 0 Å². The Balaban J connectivity index is 2.39. The molecule has 0 amide bonds. The van der Waals surface area contributed by atoms with Crippen molar-refractivity contribution in [1.82, 2.24) is 9.97 Å². The summed E-state index contributed by atoms with van der Waals surface area (Å²) in [7, 11) is 0. The van der Waals surface area contributed by atoms with Crippen LogP contribution in [0.4, 0.5) is 5.82 Å². The molecule has 0 spiro atoms. The van der Waals surface area contributed by atoms with Crippen LogP contribution in [-0.4, -0.2) is 15.1 Å². The monoisotopic (exact) mass is 313 g/mol. The molecular weight excluding hydrogens is 305 g/mol. The largest absolute Gasteiger partial charge is 0.383 e. The van der Waals surface area contributed by atoms with Gasteiger partial charge in [-0.2, -0.15) is 0 Å². The van der Waals surface area contributed by atoms with Gasteiger partial charge in [-0.1, -0.05) is 11.6 Å². The maximum atomic E-state index is 10.1. The van der Waals surface area contributed by atoms with Crippen molar-refractivity contribution in [3.63, 3.8) is 0 Å². The van der Waals surface area contributed by atoms with E-state index in [1.165, 1.54) is 6.20 Å². The molecule has 0 aliphatic carbocycles. The molecule has 6 heteroatoms. The molecular formula is C11H9BrClN3O. The topological polar surface area (TPSA) is 72.0 Å². The van der Waals surface area contributed by atoms with E-state index in [0.29, 0.717) is 16.3 Å². The lowest BCUT2D eigenvalue weighted by Gasteiger charge is -2.12. The van der Waals surface area contributed by atoms with Crippen molar-refractivity contribution in [1.29, 1.82) is 0 Å². The molecule has 2 aromatic rings. The fourth-order valence-electron chi connectivity index (χ4n) is 1.39. The molecule has 0 aliphatic rings. The molecule has 1 unspecified atom stereocenters. The fourth-order valence-corrected chi connectivity index (χ4v) is 1.79. The number of aliphatic hydroxyl groups is 1. The van der Waals surface area contributed by atoms with Gasteiger partial charge >= 0.3 is 0 Å². The third kappa shape index (κ3) is 2.74. The molecule has 0 bridgehead atoms. The normalized spacial score (nSPS) is 12.4. The van der Waals surface area contributed by atoms with Gasteiger partial charge in [0.15, 0.2) is 0 Å². The fraction of sp³-hybridized carbons (Fsp3) is 0.0909. The second-order valence-corrected chi connectivity index (χ2v) is 4.78. The van der Waals surface area contributed by atoms with Crippen LogP contribution in [0.25, 0.3) is 0 Å². The maximum Gasteiger partial charge on any atom is 0.129 e. The van der Waals surface area contributed by atoms with Crippen LogP contribution in [-0.2, 0) is 0 Å². The van der Waals surface area contributed by atoms with E-state index in [9.17, 15) is 5.11 Å². The van der Waals surface area contributed by atoms with E-state index in [2.05, 4.69) is 25.9 Å². The van der Waals surface area contributed by atoms with Crippen molar-refractivity contribution < 1.29 is 5.11 Å². The number of aromatic nitrogens is 2. The zero-order valence-corrected chi connectivity index (χ0v) is 11.0. The van der Waals surface area contributed by atoms with E-state index in [1.54, 1.807) is 24.4 Å². The summed E-state index contributed by atoms with van der Waals surface area (Å²) in [6, 6.07) is 5.08. The molecule has 0 aromatic carbocycles. The highest BCUT2D eigenvalue weighted by Crippen LogP contribution is 2.26. The molecule has 17 heavy (non-hydrogen) atoms. The first kappa shape index (κ1) is 12.3. The first-order chi connectivity index (χ1) is 8.08. The van der Waals surface area contributed by atoms with Crippen LogP contribution < -0.4 is 5.73 Å². The minimum Gasteiger partial charge on any atom is -0.383 e. The van der Waals surface area contributed by atoms with Crippen molar-refractivity contribution in [3.05, 3.63) is 51.3 Å². The summed E-state index contributed by atoms with van der Waals surface area (Å²) in [5.41, 5.74) is 6.63. The predicted molar refractivity (Wildman–Crippen MR) is 69.7 cm³/mol. The van der Waals surface area contributed by atoms with Crippen LogP contribution in [0.2, 0.25) is 5.02 Å². The lowest BCUT2D eigenvalue weighted by atomic mass is 10.1. The van der Waals surface area contributed by atoms with Crippen LogP contribution in [0, 0.1) is 0 Å². The maximum absolute atomic E-state index is 10.1. The predicted octanol–water partition coefficient (Wildman–Crippen LogP) is 2.56. The summed E-state index contributed by atoms with van der Waals surface area (Å²) < 4.78 is 0.839. The van der Waals surface area contributed by atoms with Crippen LogP contribution in [0.3, 0.4) is 0 Å². The SMILES string of the molecule is Nc1ncc(Cl)cc1C(O)c1ccc(Br)cn1. The van der Waals surface area contributed by atoms with E-state index in [-0.39, 0.29) is 5.82 Å². The zero-order chi connectivity index (χ0) is 12.4. The lowest BCUT2D eigenvalue weighted by molar-refractivity contribution is 0.215. The minimum atomic E-state index is -0.936. The third-order valence-electron chi connectivity index (χ3n) is 2.24. The van der Waals surface area contributed by atoms with Crippen molar-refractivity contribution in [3.8, 4) is 0 Å². The highest BCUT2D eigenvalue weighted by molar-refractivity contribution is 9.10. The second-order valence-electron chi connectivity index (χ2n) is 3.43. The van der Waals surface area contributed by atoms with Crippen LogP contribution in [0.5, 0.6) is 0 Å². The van der Waals surface area contributed by atoms with Gasteiger partial charge in [-0.15, -0.1) is 0 Å². The van der Waals surface area contributed by atoms with Crippen molar-refractivity contribution in [2.75, 3.05) is 5.73 Å². The van der Waals surface area contributed by atoms with E-state index in [0.717, 1.165) is 4.47 Å². The summed E-state index contributed by atoms with van der Waals surface area (Å²) in [5, 5.41) is 10.6. The van der Waals surface area contributed by atoms with E-state index < -0.39 is 6.10 Å². The number of anilines is 1. The molecule has 2 rings (SSSR count). The number of hydrogen-bond donors (Lipinski definition) is 2. The Kier molecular flexibility index (Phi) is 3.61. The van der Waals surface area contributed by atoms with E-state index >= 15 is 0 Å². The summed E-state index contributed by atoms with van der Waals surface area (Å²) >= 11 is 9.09. The Hall–Kier alpha value is -1.17. The van der Waals surface area contributed by atoms with Gasteiger partial charge in [0.1, 0.15) is 11.9 Å². The third-order valence-corrected chi connectivity index (χ3v) is 2.92. The number of hydrogen-bond acceptors (Lipinski definition) is 4. The Morgan fingerprint density at radius 2 is 2.06 bits per heavy atom. The Labute approximate surface area is 112 Å². The number of nitrogen functional groups attached to an aromatic ring is 1. The van der Waals surface area contributed by atoms with Crippen LogP contribution >= 0.6 is 27.5 Å². The minimum absolute atomic E-state index is 0.242. The molecule has 0 fully saturated rings. The highest BCUT2D eigenvalue weighted by Gasteiger charge is 2.16. The smallest absolute Gasteiger partial charge is 0.129 e. The van der Waals surface area contributed by atoms with Gasteiger partial charge in [-0.25, -0.2) is 4.98 Å². The van der Waals surface area contributed by atoms with Gasteiger partial charge in [0, 0.05) is 22.4 Å². The summed E-state index contributed by atoms with van der Waals surface area (Å²) in [4.78, 5) is 7.99. The first-order valence-corrected chi connectivity index (χ1v) is 5.95. The van der Waals surface area contributed by atoms with Gasteiger partial charge in [-0.3, -0.25) is 4.98 Å². The van der Waals surface area contributed by atoms with Gasteiger partial charge < -0.3 is 10.8 Å². The van der Waals surface area contributed by atoms with E-state index in [4.69, 9.17) is 17.3 Å². The van der Waals surface area contributed by atoms with Crippen LogP contribution in [0.15, 0.2) is 35.1 Å². The Morgan fingerprint density at radius 3 is 2.71 bits per heavy atom. The number of nitrogens with zero attached hydrogens (tertiary/aromatic N) is 2. The average Bonchev–Trinajstić information content (AvgIpc) is 2.32. The highest BCUT2D eigenvalue weighted by atomic mass is 79.9. The molecule has 0 saturated carbocycles. The number of halogens is 2. The number of rotatable bonds is 2. The first-order valence-electron chi connectivity index (χ1n) is 4.78. The number of aliphatic hydroxyl groups excluding tert-OH is 1. The quantitative estimate of drug-likeness (QED) is 0.893. The van der Waals surface area contributed by atoms with E-state index in [1.807, 2.05) is 0 Å². The van der Waals surface area contributed by atoms with Crippen LogP contribution in [0.1, 0.15) is 17.4 Å². The van der Waals surface area contributed by atoms with Crippen molar-refractivity contribution in [2.45, 2.75) is 6.10 Å². The molecule has 2 aromatic heterocycles. The summed E-state index contributed by atoms with van der Waals surface area (Å²) in [6.45, 7) is 0. The molecule has 0 aliphatic heterocycles. The molecule has 0 radical (unpaired) electrons. The molecule has 2 heterocycles. The summed E-state index contributed by atoms with van der Waals surface area (Å²) in [5.74, 6) is 0.242. The Morgan fingerprint density at radius 1 is 1.29 bits per heavy atom. The second kappa shape index (κ2) is 5.00. The molecule has 4 nitrogen and oxygen atoms in total. The average molecular weight is 315 g/mol. The molecule has 1 atom stereocenters. The molecule has 0 saturated heterocycles. The summed E-state index contributed by atoms with van der Waals surface area (Å²) in [6.07, 6.45) is 2.10. The van der Waals surface area contributed by atoms with Crippen molar-refractivity contribution >= 4 is 33.3 Å². The van der Waals surface area contributed by atoms with Gasteiger partial charge in [0.25, 0.3) is 0 Å². The lowest BCUT2D eigenvalue weighted by Crippen LogP contribution is -2.06. The molecule has 88 valence electrons. The number of nitrogens with two attached hydrogens (primary N) is 1. The zero-order valence-electron chi connectivity index (χ0n) is 8.64.